The van der Waals surface area contributed by atoms with Gasteiger partial charge in [0.05, 0.1) is 12.8 Å². The average molecular weight is 301 g/mol. The number of rotatable bonds is 4. The van der Waals surface area contributed by atoms with Crippen LogP contribution in [0.1, 0.15) is 11.1 Å². The second-order valence-electron chi connectivity index (χ2n) is 5.01. The lowest BCUT2D eigenvalue weighted by molar-refractivity contribution is 0.416. The van der Waals surface area contributed by atoms with E-state index in [1.807, 2.05) is 25.3 Å². The fourth-order valence-electron chi connectivity index (χ4n) is 2.47. The van der Waals surface area contributed by atoms with Gasteiger partial charge in [-0.1, -0.05) is 23.7 Å². The second-order valence-corrected chi connectivity index (χ2v) is 5.42. The van der Waals surface area contributed by atoms with Crippen molar-refractivity contribution < 1.29 is 4.74 Å². The van der Waals surface area contributed by atoms with Gasteiger partial charge in [0.15, 0.2) is 0 Å². The number of aryl methyl sites for hydroxylation is 1. The molecule has 0 radical (unpaired) electrons. The third-order valence-corrected chi connectivity index (χ3v) is 4.04. The zero-order chi connectivity index (χ0) is 14.8. The van der Waals surface area contributed by atoms with Crippen LogP contribution in [0.15, 0.2) is 42.6 Å². The molecule has 3 nitrogen and oxygen atoms in total. The van der Waals surface area contributed by atoms with Gasteiger partial charge >= 0.3 is 0 Å². The molecule has 0 unspecified atom stereocenters. The van der Waals surface area contributed by atoms with Crippen molar-refractivity contribution in [2.24, 2.45) is 0 Å². The first kappa shape index (κ1) is 13.8. The Morgan fingerprint density at radius 1 is 1.24 bits per heavy atom. The Labute approximate surface area is 128 Å². The van der Waals surface area contributed by atoms with Gasteiger partial charge in [-0.3, -0.25) is 0 Å². The highest BCUT2D eigenvalue weighted by Crippen LogP contribution is 2.31. The van der Waals surface area contributed by atoms with E-state index in [2.05, 4.69) is 34.6 Å². The number of H-pyrrole nitrogens is 1. The van der Waals surface area contributed by atoms with Gasteiger partial charge in [-0.25, -0.2) is 0 Å². The topological polar surface area (TPSA) is 37.0 Å². The Morgan fingerprint density at radius 3 is 2.90 bits per heavy atom. The van der Waals surface area contributed by atoms with Gasteiger partial charge in [0, 0.05) is 34.7 Å². The molecule has 108 valence electrons. The number of ether oxygens (including phenoxy) is 1. The van der Waals surface area contributed by atoms with E-state index in [1.54, 1.807) is 7.11 Å². The van der Waals surface area contributed by atoms with Crippen LogP contribution in [0, 0.1) is 6.92 Å². The second kappa shape index (κ2) is 5.70. The van der Waals surface area contributed by atoms with Crippen molar-refractivity contribution in [2.75, 3.05) is 12.4 Å². The Hall–Kier alpha value is -2.13. The summed E-state index contributed by atoms with van der Waals surface area (Å²) in [5.41, 5.74) is 4.36. The van der Waals surface area contributed by atoms with Gasteiger partial charge < -0.3 is 15.0 Å². The largest absolute Gasteiger partial charge is 0.495 e. The van der Waals surface area contributed by atoms with E-state index in [0.717, 1.165) is 29.1 Å². The third-order valence-electron chi connectivity index (χ3n) is 3.64. The monoisotopic (exact) mass is 300 g/mol. The smallest absolute Gasteiger partial charge is 0.143 e. The van der Waals surface area contributed by atoms with Crippen LogP contribution >= 0.6 is 11.6 Å². The Bertz CT molecular complexity index is 780. The molecule has 0 atom stereocenters. The number of benzene rings is 2. The van der Waals surface area contributed by atoms with Crippen LogP contribution in [0.3, 0.4) is 0 Å². The van der Waals surface area contributed by atoms with Gasteiger partial charge in [-0.2, -0.15) is 0 Å². The predicted molar refractivity (Wildman–Crippen MR) is 88.4 cm³/mol. The number of methoxy groups -OCH3 is 1. The van der Waals surface area contributed by atoms with Gasteiger partial charge in [0.1, 0.15) is 5.75 Å². The fraction of sp³-hybridized carbons (Fsp3) is 0.176. The van der Waals surface area contributed by atoms with E-state index < -0.39 is 0 Å². The maximum Gasteiger partial charge on any atom is 0.143 e. The van der Waals surface area contributed by atoms with Gasteiger partial charge in [-0.15, -0.1) is 0 Å². The number of anilines is 1. The average Bonchev–Trinajstić information content (AvgIpc) is 2.97. The van der Waals surface area contributed by atoms with Crippen molar-refractivity contribution in [3.8, 4) is 5.75 Å². The SMILES string of the molecule is COc1cc(Cl)c(C)cc1NCc1cccc2[nH]ccc12. The van der Waals surface area contributed by atoms with Gasteiger partial charge in [0.2, 0.25) is 0 Å². The van der Waals surface area contributed by atoms with Crippen LogP contribution in [-0.2, 0) is 6.54 Å². The number of hydrogen-bond acceptors (Lipinski definition) is 2. The molecule has 1 heterocycles. The lowest BCUT2D eigenvalue weighted by atomic mass is 10.1. The minimum atomic E-state index is 0.713. The minimum absolute atomic E-state index is 0.713. The first-order valence-corrected chi connectivity index (χ1v) is 7.20. The molecule has 4 heteroatoms. The number of nitrogens with one attached hydrogen (secondary N) is 2. The van der Waals surface area contributed by atoms with Crippen molar-refractivity contribution >= 4 is 28.2 Å². The summed E-state index contributed by atoms with van der Waals surface area (Å²) in [7, 11) is 1.65. The lowest BCUT2D eigenvalue weighted by Gasteiger charge is -2.13. The highest BCUT2D eigenvalue weighted by Gasteiger charge is 2.08. The molecule has 0 bridgehead atoms. The number of hydrogen-bond donors (Lipinski definition) is 2. The first-order chi connectivity index (χ1) is 10.2. The quantitative estimate of drug-likeness (QED) is 0.729. The van der Waals surface area contributed by atoms with Gasteiger partial charge in [-0.05, 0) is 36.2 Å². The van der Waals surface area contributed by atoms with Crippen molar-refractivity contribution in [3.05, 3.63) is 58.7 Å². The highest BCUT2D eigenvalue weighted by atomic mass is 35.5. The molecule has 3 rings (SSSR count). The minimum Gasteiger partial charge on any atom is -0.495 e. The molecule has 0 spiro atoms. The predicted octanol–water partition coefficient (Wildman–Crippen LogP) is 4.75. The number of aromatic nitrogens is 1. The van der Waals surface area contributed by atoms with E-state index in [1.165, 1.54) is 10.9 Å². The molecule has 2 aromatic carbocycles. The van der Waals surface area contributed by atoms with Crippen LogP contribution < -0.4 is 10.1 Å². The number of fused-ring (bicyclic) bond motifs is 1. The zero-order valence-corrected chi connectivity index (χ0v) is 12.8. The maximum atomic E-state index is 6.13. The normalized spacial score (nSPS) is 10.8. The highest BCUT2D eigenvalue weighted by molar-refractivity contribution is 6.31. The molecule has 1 aromatic heterocycles. The number of aromatic amines is 1. The lowest BCUT2D eigenvalue weighted by Crippen LogP contribution is -2.02. The molecule has 3 aromatic rings. The fourth-order valence-corrected chi connectivity index (χ4v) is 2.62. The van der Waals surface area contributed by atoms with E-state index in [-0.39, 0.29) is 0 Å². The van der Waals surface area contributed by atoms with E-state index in [0.29, 0.717) is 5.02 Å². The van der Waals surface area contributed by atoms with Crippen LogP contribution in [0.25, 0.3) is 10.9 Å². The molecule has 2 N–H and O–H groups in total. The van der Waals surface area contributed by atoms with Crippen molar-refractivity contribution in [1.82, 2.24) is 4.98 Å². The Kier molecular flexibility index (Phi) is 3.76. The maximum absolute atomic E-state index is 6.13. The molecule has 0 aliphatic heterocycles. The molecule has 0 saturated carbocycles. The summed E-state index contributed by atoms with van der Waals surface area (Å²) >= 11 is 6.13. The summed E-state index contributed by atoms with van der Waals surface area (Å²) in [6.45, 7) is 2.71. The zero-order valence-electron chi connectivity index (χ0n) is 12.0. The van der Waals surface area contributed by atoms with Crippen molar-refractivity contribution in [3.63, 3.8) is 0 Å². The van der Waals surface area contributed by atoms with Crippen LogP contribution in [0.2, 0.25) is 5.02 Å². The van der Waals surface area contributed by atoms with E-state index in [9.17, 15) is 0 Å². The van der Waals surface area contributed by atoms with Crippen molar-refractivity contribution in [2.45, 2.75) is 13.5 Å². The summed E-state index contributed by atoms with van der Waals surface area (Å²) < 4.78 is 5.39. The van der Waals surface area contributed by atoms with Gasteiger partial charge in [0.25, 0.3) is 0 Å². The van der Waals surface area contributed by atoms with E-state index >= 15 is 0 Å². The van der Waals surface area contributed by atoms with Crippen LogP contribution in [0.4, 0.5) is 5.69 Å². The van der Waals surface area contributed by atoms with Crippen LogP contribution in [-0.4, -0.2) is 12.1 Å². The summed E-state index contributed by atoms with van der Waals surface area (Å²) in [6, 6.07) is 12.2. The van der Waals surface area contributed by atoms with Crippen LogP contribution in [0.5, 0.6) is 5.75 Å². The Morgan fingerprint density at radius 2 is 2.10 bits per heavy atom. The molecule has 0 fully saturated rings. The molecule has 21 heavy (non-hydrogen) atoms. The standard InChI is InChI=1S/C17H17ClN2O/c1-11-8-16(17(21-2)9-14(11)18)20-10-12-4-3-5-15-13(12)6-7-19-15/h3-9,19-20H,10H2,1-2H3. The summed E-state index contributed by atoms with van der Waals surface area (Å²) in [5, 5.41) is 5.38. The molecular weight excluding hydrogens is 284 g/mol. The summed E-state index contributed by atoms with van der Waals surface area (Å²) in [4.78, 5) is 3.23. The molecule has 0 amide bonds. The summed E-state index contributed by atoms with van der Waals surface area (Å²) in [6.07, 6.45) is 1.96. The molecule has 0 saturated heterocycles. The Balaban J connectivity index is 1.88. The molecular formula is C17H17ClN2O. The summed E-state index contributed by atoms with van der Waals surface area (Å²) in [5.74, 6) is 0.756. The first-order valence-electron chi connectivity index (χ1n) is 6.82. The third kappa shape index (κ3) is 2.69. The number of halogens is 1. The molecule has 0 aliphatic carbocycles. The molecule has 0 aliphatic rings. The van der Waals surface area contributed by atoms with Crippen molar-refractivity contribution in [1.29, 1.82) is 0 Å². The van der Waals surface area contributed by atoms with E-state index in [4.69, 9.17) is 16.3 Å².